The van der Waals surface area contributed by atoms with E-state index in [0.29, 0.717) is 12.1 Å². The van der Waals surface area contributed by atoms with Crippen LogP contribution in [-0.2, 0) is 13.1 Å². The maximum Gasteiger partial charge on any atom is 0.191 e. The van der Waals surface area contributed by atoms with Crippen LogP contribution in [0.15, 0.2) is 47.7 Å². The van der Waals surface area contributed by atoms with Crippen LogP contribution in [0.25, 0.3) is 0 Å². The summed E-state index contributed by atoms with van der Waals surface area (Å²) >= 11 is 0. The van der Waals surface area contributed by atoms with Crippen LogP contribution in [0, 0.1) is 0 Å². The third-order valence-corrected chi connectivity index (χ3v) is 5.16. The van der Waals surface area contributed by atoms with Crippen LogP contribution < -0.4 is 10.6 Å². The quantitative estimate of drug-likeness (QED) is 0.367. The zero-order valence-electron chi connectivity index (χ0n) is 17.1. The first kappa shape index (κ1) is 22.7. The molecule has 2 heterocycles. The topological polar surface area (TPSA) is 57.5 Å². The Bertz CT molecular complexity index is 720. The summed E-state index contributed by atoms with van der Waals surface area (Å²) in [7, 11) is 1.83. The summed E-state index contributed by atoms with van der Waals surface area (Å²) in [5, 5.41) is 11.4. The molecule has 1 fully saturated rings. The van der Waals surface area contributed by atoms with Gasteiger partial charge in [-0.15, -0.1) is 24.0 Å². The number of halogens is 1. The molecular formula is C21H33IN6. The number of hydrogen-bond acceptors (Lipinski definition) is 3. The van der Waals surface area contributed by atoms with E-state index in [-0.39, 0.29) is 24.0 Å². The molecule has 7 heteroatoms. The Morgan fingerprint density at radius 3 is 2.54 bits per heavy atom. The number of aliphatic imine (C=N–C) groups is 1. The first-order valence-corrected chi connectivity index (χ1v) is 9.90. The number of rotatable bonds is 6. The van der Waals surface area contributed by atoms with Gasteiger partial charge in [0.2, 0.25) is 0 Å². The van der Waals surface area contributed by atoms with Crippen molar-refractivity contribution < 1.29 is 0 Å². The minimum Gasteiger partial charge on any atom is -0.354 e. The molecule has 1 aromatic carbocycles. The summed E-state index contributed by atoms with van der Waals surface area (Å²) in [4.78, 5) is 6.92. The predicted octanol–water partition coefficient (Wildman–Crippen LogP) is 3.09. The fraction of sp³-hybridized carbons (Fsp3) is 0.524. The van der Waals surface area contributed by atoms with Gasteiger partial charge in [-0.1, -0.05) is 30.3 Å². The molecule has 2 N–H and O–H groups in total. The van der Waals surface area contributed by atoms with Crippen molar-refractivity contribution in [2.24, 2.45) is 4.99 Å². The molecule has 28 heavy (non-hydrogen) atoms. The molecule has 0 atom stereocenters. The van der Waals surface area contributed by atoms with Gasteiger partial charge in [0.1, 0.15) is 0 Å². The lowest BCUT2D eigenvalue weighted by atomic mass is 10.0. The van der Waals surface area contributed by atoms with Crippen molar-refractivity contribution in [3.8, 4) is 0 Å². The highest BCUT2D eigenvalue weighted by atomic mass is 127. The highest BCUT2D eigenvalue weighted by Crippen LogP contribution is 2.12. The SMILES string of the molecule is CN=C(NCc1cnn(Cc2ccccc2)c1)NC1CCN(C(C)C)CC1.I. The Balaban J connectivity index is 0.00000280. The second-order valence-electron chi connectivity index (χ2n) is 7.51. The maximum atomic E-state index is 4.47. The smallest absolute Gasteiger partial charge is 0.191 e. The van der Waals surface area contributed by atoms with E-state index in [0.717, 1.165) is 50.5 Å². The Hall–Kier alpha value is -1.61. The van der Waals surface area contributed by atoms with Gasteiger partial charge in [0, 0.05) is 50.5 Å². The van der Waals surface area contributed by atoms with Crippen LogP contribution in [0.4, 0.5) is 0 Å². The normalized spacial score (nSPS) is 16.1. The number of nitrogens with one attached hydrogen (secondary N) is 2. The molecule has 0 radical (unpaired) electrons. The zero-order chi connectivity index (χ0) is 19.1. The van der Waals surface area contributed by atoms with Gasteiger partial charge in [0.15, 0.2) is 5.96 Å². The molecule has 0 unspecified atom stereocenters. The average molecular weight is 496 g/mol. The summed E-state index contributed by atoms with van der Waals surface area (Å²) < 4.78 is 1.98. The molecule has 0 aliphatic carbocycles. The Kier molecular flexibility index (Phi) is 9.24. The van der Waals surface area contributed by atoms with E-state index >= 15 is 0 Å². The van der Waals surface area contributed by atoms with Crippen LogP contribution in [0.2, 0.25) is 0 Å². The molecule has 1 saturated heterocycles. The molecule has 2 aromatic rings. The number of hydrogen-bond donors (Lipinski definition) is 2. The Morgan fingerprint density at radius 1 is 1.18 bits per heavy atom. The Morgan fingerprint density at radius 2 is 1.89 bits per heavy atom. The van der Waals surface area contributed by atoms with E-state index in [9.17, 15) is 0 Å². The van der Waals surface area contributed by atoms with Crippen LogP contribution in [0.1, 0.15) is 37.8 Å². The number of aromatic nitrogens is 2. The summed E-state index contributed by atoms with van der Waals surface area (Å²) in [6, 6.07) is 11.5. The summed E-state index contributed by atoms with van der Waals surface area (Å²) in [6.45, 7) is 8.36. The molecule has 1 aliphatic rings. The third-order valence-electron chi connectivity index (χ3n) is 5.16. The molecule has 6 nitrogen and oxygen atoms in total. The minimum absolute atomic E-state index is 0. The average Bonchev–Trinajstić information content (AvgIpc) is 3.13. The van der Waals surface area contributed by atoms with Crippen molar-refractivity contribution in [3.05, 3.63) is 53.9 Å². The molecule has 3 rings (SSSR count). The first-order chi connectivity index (χ1) is 13.1. The predicted molar refractivity (Wildman–Crippen MR) is 126 cm³/mol. The fourth-order valence-corrected chi connectivity index (χ4v) is 3.49. The standard InChI is InChI=1S/C21H32N6.HI/c1-17(2)26-11-9-20(10-12-26)25-21(22-3)23-13-19-14-24-27(16-19)15-18-7-5-4-6-8-18;/h4-8,14,16-17,20H,9-13,15H2,1-3H3,(H2,22,23,25);1H. The van der Waals surface area contributed by atoms with Gasteiger partial charge in [-0.05, 0) is 32.3 Å². The molecule has 1 aromatic heterocycles. The Labute approximate surface area is 185 Å². The summed E-state index contributed by atoms with van der Waals surface area (Å²) in [5.41, 5.74) is 2.41. The third kappa shape index (κ3) is 6.77. The van der Waals surface area contributed by atoms with Gasteiger partial charge in [0.25, 0.3) is 0 Å². The van der Waals surface area contributed by atoms with Gasteiger partial charge in [-0.25, -0.2) is 0 Å². The minimum atomic E-state index is 0. The van der Waals surface area contributed by atoms with Crippen molar-refractivity contribution in [1.29, 1.82) is 0 Å². The van der Waals surface area contributed by atoms with Gasteiger partial charge < -0.3 is 15.5 Å². The second-order valence-corrected chi connectivity index (χ2v) is 7.51. The van der Waals surface area contributed by atoms with Crippen LogP contribution >= 0.6 is 24.0 Å². The van der Waals surface area contributed by atoms with Crippen molar-refractivity contribution in [2.45, 2.75) is 51.9 Å². The summed E-state index contributed by atoms with van der Waals surface area (Å²) in [6.07, 6.45) is 6.33. The second kappa shape index (κ2) is 11.4. The molecule has 0 spiro atoms. The van der Waals surface area contributed by atoms with Crippen molar-refractivity contribution >= 4 is 29.9 Å². The van der Waals surface area contributed by atoms with Gasteiger partial charge in [0.05, 0.1) is 12.7 Å². The summed E-state index contributed by atoms with van der Waals surface area (Å²) in [5.74, 6) is 0.869. The van der Waals surface area contributed by atoms with Crippen molar-refractivity contribution in [3.63, 3.8) is 0 Å². The molecule has 0 amide bonds. The van der Waals surface area contributed by atoms with Gasteiger partial charge in [-0.3, -0.25) is 9.67 Å². The van der Waals surface area contributed by atoms with Gasteiger partial charge in [-0.2, -0.15) is 5.10 Å². The first-order valence-electron chi connectivity index (χ1n) is 9.90. The van der Waals surface area contributed by atoms with Crippen molar-refractivity contribution in [1.82, 2.24) is 25.3 Å². The largest absolute Gasteiger partial charge is 0.354 e. The number of guanidine groups is 1. The maximum absolute atomic E-state index is 4.47. The molecule has 1 aliphatic heterocycles. The highest BCUT2D eigenvalue weighted by molar-refractivity contribution is 14.0. The zero-order valence-corrected chi connectivity index (χ0v) is 19.5. The lowest BCUT2D eigenvalue weighted by Crippen LogP contribution is -2.49. The molecular weight excluding hydrogens is 463 g/mol. The van der Waals surface area contributed by atoms with Crippen LogP contribution in [0.3, 0.4) is 0 Å². The van der Waals surface area contributed by atoms with E-state index in [2.05, 4.69) is 69.9 Å². The molecule has 154 valence electrons. The van der Waals surface area contributed by atoms with Gasteiger partial charge >= 0.3 is 0 Å². The number of nitrogens with zero attached hydrogens (tertiary/aromatic N) is 4. The van der Waals surface area contributed by atoms with Crippen LogP contribution in [0.5, 0.6) is 0 Å². The lowest BCUT2D eigenvalue weighted by Gasteiger charge is -2.35. The number of likely N-dealkylation sites (tertiary alicyclic amines) is 1. The highest BCUT2D eigenvalue weighted by Gasteiger charge is 2.21. The fourth-order valence-electron chi connectivity index (χ4n) is 3.49. The van der Waals surface area contributed by atoms with Crippen LogP contribution in [-0.4, -0.2) is 52.9 Å². The van der Waals surface area contributed by atoms with E-state index in [1.54, 1.807) is 0 Å². The lowest BCUT2D eigenvalue weighted by molar-refractivity contribution is 0.167. The van der Waals surface area contributed by atoms with E-state index in [1.165, 1.54) is 5.56 Å². The number of piperidine rings is 1. The number of benzene rings is 1. The monoisotopic (exact) mass is 496 g/mol. The van der Waals surface area contributed by atoms with E-state index < -0.39 is 0 Å². The van der Waals surface area contributed by atoms with Crippen molar-refractivity contribution in [2.75, 3.05) is 20.1 Å². The molecule has 0 saturated carbocycles. The van der Waals surface area contributed by atoms with E-state index in [1.807, 2.05) is 24.0 Å². The molecule has 0 bridgehead atoms. The van der Waals surface area contributed by atoms with E-state index in [4.69, 9.17) is 0 Å².